The van der Waals surface area contributed by atoms with Crippen LogP contribution in [0.15, 0.2) is 42.5 Å². The van der Waals surface area contributed by atoms with E-state index in [0.29, 0.717) is 33.9 Å². The van der Waals surface area contributed by atoms with Crippen LogP contribution in [0.1, 0.15) is 47.4 Å². The molecule has 0 bridgehead atoms. The second kappa shape index (κ2) is 8.88. The van der Waals surface area contributed by atoms with Crippen molar-refractivity contribution in [1.29, 1.82) is 0 Å². The molecule has 9 heteroatoms. The van der Waals surface area contributed by atoms with Gasteiger partial charge in [0, 0.05) is 24.6 Å². The van der Waals surface area contributed by atoms with Crippen LogP contribution in [0.25, 0.3) is 10.2 Å². The van der Waals surface area contributed by atoms with Crippen molar-refractivity contribution in [3.63, 3.8) is 0 Å². The van der Waals surface area contributed by atoms with E-state index < -0.39 is 0 Å². The predicted octanol–water partition coefficient (Wildman–Crippen LogP) is 3.91. The van der Waals surface area contributed by atoms with Crippen LogP contribution in [-0.4, -0.2) is 40.1 Å². The van der Waals surface area contributed by atoms with Gasteiger partial charge in [-0.2, -0.15) is 0 Å². The molecule has 0 unspecified atom stereocenters. The fourth-order valence-corrected chi connectivity index (χ4v) is 4.22. The summed E-state index contributed by atoms with van der Waals surface area (Å²) in [7, 11) is 0. The van der Waals surface area contributed by atoms with Crippen molar-refractivity contribution in [3.8, 4) is 0 Å². The third-order valence-corrected chi connectivity index (χ3v) is 6.04. The maximum atomic E-state index is 12.4. The Labute approximate surface area is 188 Å². The second-order valence-electron chi connectivity index (χ2n) is 7.80. The zero-order valence-electron chi connectivity index (χ0n) is 17.7. The molecule has 3 aromatic rings. The van der Waals surface area contributed by atoms with Crippen LogP contribution in [0.4, 0.5) is 10.8 Å². The largest absolute Gasteiger partial charge is 0.326 e. The highest BCUT2D eigenvalue weighted by Crippen LogP contribution is 2.28. The molecule has 2 heterocycles. The van der Waals surface area contributed by atoms with Gasteiger partial charge in [-0.3, -0.25) is 24.1 Å². The summed E-state index contributed by atoms with van der Waals surface area (Å²) in [5.41, 5.74) is 2.08. The fraction of sp³-hybridized carbons (Fsp3) is 0.261. The minimum atomic E-state index is -0.319. The molecule has 2 N–H and O–H groups in total. The molecule has 1 aliphatic heterocycles. The van der Waals surface area contributed by atoms with Crippen molar-refractivity contribution in [1.82, 2.24) is 9.88 Å². The Hall–Kier alpha value is -3.59. The molecule has 0 radical (unpaired) electrons. The number of fused-ring (bicyclic) bond motifs is 2. The molecule has 2 aromatic carbocycles. The maximum absolute atomic E-state index is 12.4. The molecule has 0 saturated carbocycles. The summed E-state index contributed by atoms with van der Waals surface area (Å²) < 4.78 is 0.896. The first kappa shape index (κ1) is 21.6. The normalized spacial score (nSPS) is 13.0. The van der Waals surface area contributed by atoms with Gasteiger partial charge in [-0.05, 0) is 36.8 Å². The van der Waals surface area contributed by atoms with Gasteiger partial charge in [0.05, 0.1) is 21.3 Å². The number of carbonyl (C=O) groups excluding carboxylic acids is 4. The van der Waals surface area contributed by atoms with Crippen LogP contribution in [0, 0.1) is 5.92 Å². The summed E-state index contributed by atoms with van der Waals surface area (Å²) in [6, 6.07) is 12.1. The van der Waals surface area contributed by atoms with Crippen molar-refractivity contribution in [2.45, 2.75) is 26.7 Å². The van der Waals surface area contributed by atoms with Crippen molar-refractivity contribution in [2.75, 3.05) is 17.2 Å². The van der Waals surface area contributed by atoms with Gasteiger partial charge in [0.25, 0.3) is 11.8 Å². The summed E-state index contributed by atoms with van der Waals surface area (Å²) in [4.78, 5) is 54.6. The van der Waals surface area contributed by atoms with Crippen molar-refractivity contribution in [2.24, 2.45) is 5.92 Å². The fourth-order valence-electron chi connectivity index (χ4n) is 3.37. The molecular weight excluding hydrogens is 428 g/mol. The SMILES string of the molecule is CC(C)C(=O)Nc1nc2cc(NC(=O)CCCN3C(=O)c4ccccc4C3=O)ccc2s1. The van der Waals surface area contributed by atoms with Gasteiger partial charge >= 0.3 is 0 Å². The van der Waals surface area contributed by atoms with E-state index >= 15 is 0 Å². The third kappa shape index (κ3) is 4.38. The van der Waals surface area contributed by atoms with Crippen LogP contribution in [0.3, 0.4) is 0 Å². The first-order chi connectivity index (χ1) is 15.3. The van der Waals surface area contributed by atoms with E-state index in [-0.39, 0.29) is 42.5 Å². The van der Waals surface area contributed by atoms with Crippen molar-refractivity contribution in [3.05, 3.63) is 53.6 Å². The van der Waals surface area contributed by atoms with E-state index in [4.69, 9.17) is 0 Å². The zero-order chi connectivity index (χ0) is 22.8. The Morgan fingerprint density at radius 1 is 1.03 bits per heavy atom. The van der Waals surface area contributed by atoms with Crippen LogP contribution in [0.2, 0.25) is 0 Å². The van der Waals surface area contributed by atoms with Gasteiger partial charge in [-0.1, -0.05) is 37.3 Å². The molecule has 1 aromatic heterocycles. The molecular formula is C23H22N4O4S. The number of amides is 4. The molecule has 32 heavy (non-hydrogen) atoms. The van der Waals surface area contributed by atoms with E-state index in [9.17, 15) is 19.2 Å². The van der Waals surface area contributed by atoms with E-state index in [2.05, 4.69) is 15.6 Å². The topological polar surface area (TPSA) is 108 Å². The van der Waals surface area contributed by atoms with E-state index in [1.807, 2.05) is 19.9 Å². The third-order valence-electron chi connectivity index (χ3n) is 5.09. The summed E-state index contributed by atoms with van der Waals surface area (Å²) in [5.74, 6) is -1.10. The zero-order valence-corrected chi connectivity index (χ0v) is 18.5. The van der Waals surface area contributed by atoms with Crippen LogP contribution in [-0.2, 0) is 9.59 Å². The number of anilines is 2. The Bertz CT molecular complexity index is 1200. The number of hydrogen-bond donors (Lipinski definition) is 2. The van der Waals surface area contributed by atoms with E-state index in [0.717, 1.165) is 4.70 Å². The highest BCUT2D eigenvalue weighted by Gasteiger charge is 2.34. The first-order valence-corrected chi connectivity index (χ1v) is 11.1. The Balaban J connectivity index is 1.32. The lowest BCUT2D eigenvalue weighted by molar-refractivity contribution is -0.119. The van der Waals surface area contributed by atoms with Gasteiger partial charge in [0.15, 0.2) is 5.13 Å². The van der Waals surface area contributed by atoms with Gasteiger partial charge in [0.1, 0.15) is 0 Å². The molecule has 164 valence electrons. The molecule has 1 aliphatic rings. The smallest absolute Gasteiger partial charge is 0.261 e. The van der Waals surface area contributed by atoms with E-state index in [1.165, 1.54) is 16.2 Å². The summed E-state index contributed by atoms with van der Waals surface area (Å²) >= 11 is 1.37. The Morgan fingerprint density at radius 2 is 1.72 bits per heavy atom. The maximum Gasteiger partial charge on any atom is 0.261 e. The Morgan fingerprint density at radius 3 is 2.38 bits per heavy atom. The van der Waals surface area contributed by atoms with Crippen molar-refractivity contribution < 1.29 is 19.2 Å². The monoisotopic (exact) mass is 450 g/mol. The summed E-state index contributed by atoms with van der Waals surface area (Å²) in [5, 5.41) is 6.11. The number of hydrogen-bond acceptors (Lipinski definition) is 6. The molecule has 0 saturated heterocycles. The van der Waals surface area contributed by atoms with Gasteiger partial charge < -0.3 is 10.6 Å². The molecule has 0 atom stereocenters. The average Bonchev–Trinajstić information content (AvgIpc) is 3.27. The molecule has 4 amide bonds. The number of aromatic nitrogens is 1. The highest BCUT2D eigenvalue weighted by molar-refractivity contribution is 7.22. The number of imide groups is 1. The minimum absolute atomic E-state index is 0.101. The van der Waals surface area contributed by atoms with Crippen LogP contribution < -0.4 is 10.6 Å². The van der Waals surface area contributed by atoms with Gasteiger partial charge in [-0.15, -0.1) is 0 Å². The molecule has 0 aliphatic carbocycles. The lowest BCUT2D eigenvalue weighted by Gasteiger charge is -2.13. The molecule has 4 rings (SSSR count). The number of nitrogens with zero attached hydrogens (tertiary/aromatic N) is 2. The first-order valence-electron chi connectivity index (χ1n) is 10.3. The number of benzene rings is 2. The van der Waals surface area contributed by atoms with Crippen LogP contribution in [0.5, 0.6) is 0 Å². The van der Waals surface area contributed by atoms with Gasteiger partial charge in [-0.25, -0.2) is 4.98 Å². The second-order valence-corrected chi connectivity index (χ2v) is 8.84. The lowest BCUT2D eigenvalue weighted by atomic mass is 10.1. The van der Waals surface area contributed by atoms with Gasteiger partial charge in [0.2, 0.25) is 11.8 Å². The number of rotatable bonds is 7. The summed E-state index contributed by atoms with van der Waals surface area (Å²) in [6.45, 7) is 3.80. The average molecular weight is 451 g/mol. The van der Waals surface area contributed by atoms with Crippen LogP contribution >= 0.6 is 11.3 Å². The predicted molar refractivity (Wildman–Crippen MR) is 123 cm³/mol. The molecule has 0 fully saturated rings. The quantitative estimate of drug-likeness (QED) is 0.531. The van der Waals surface area contributed by atoms with E-state index in [1.54, 1.807) is 36.4 Å². The number of nitrogens with one attached hydrogen (secondary N) is 2. The summed E-state index contributed by atoms with van der Waals surface area (Å²) in [6.07, 6.45) is 0.528. The highest BCUT2D eigenvalue weighted by atomic mass is 32.1. The Kier molecular flexibility index (Phi) is 6.00. The number of carbonyl (C=O) groups is 4. The lowest BCUT2D eigenvalue weighted by Crippen LogP contribution is -2.31. The minimum Gasteiger partial charge on any atom is -0.326 e. The molecule has 8 nitrogen and oxygen atoms in total. The number of thiazole rings is 1. The molecule has 0 spiro atoms. The standard InChI is InChI=1S/C23H22N4O4S/c1-13(2)20(29)26-23-25-17-12-14(9-10-18(17)32-23)24-19(28)8-5-11-27-21(30)15-6-3-4-7-16(15)22(27)31/h3-4,6-7,9-10,12-13H,5,8,11H2,1-2H3,(H,24,28)(H,25,26,29). The van der Waals surface area contributed by atoms with Crippen molar-refractivity contribution >= 4 is 56.0 Å².